The van der Waals surface area contributed by atoms with Crippen molar-refractivity contribution in [3.05, 3.63) is 34.4 Å². The second-order valence-electron chi connectivity index (χ2n) is 1.80. The second kappa shape index (κ2) is 2.70. The van der Waals surface area contributed by atoms with Gasteiger partial charge in [0, 0.05) is 4.92 Å². The number of allylic oxidation sites excluding steroid dienone is 2. The van der Waals surface area contributed by atoms with Gasteiger partial charge in [0.1, 0.15) is 0 Å². The van der Waals surface area contributed by atoms with Crippen molar-refractivity contribution >= 4 is 17.1 Å². The Balaban J connectivity index is 2.80. The van der Waals surface area contributed by atoms with Crippen molar-refractivity contribution in [3.8, 4) is 0 Å². The third-order valence-corrected chi connectivity index (χ3v) is 1.48. The average molecular weight is 154 g/mol. The number of rotatable bonds is 1. The number of hydrogen-bond acceptors (Lipinski definition) is 3. The molecule has 4 heteroatoms. The van der Waals surface area contributed by atoms with Crippen LogP contribution in [0.5, 0.6) is 0 Å². The minimum Gasteiger partial charge on any atom is -0.264 e. The minimum absolute atomic E-state index is 0.313. The molecule has 1 atom stereocenters. The highest BCUT2D eigenvalue weighted by molar-refractivity contribution is 7.80. The van der Waals surface area contributed by atoms with Crippen molar-refractivity contribution in [2.75, 3.05) is 0 Å². The van der Waals surface area contributed by atoms with Gasteiger partial charge < -0.3 is 0 Å². The van der Waals surface area contributed by atoms with Crippen LogP contribution < -0.4 is 0 Å². The van der Waals surface area contributed by atoms with E-state index in [9.17, 15) is 10.1 Å². The Morgan fingerprint density at radius 1 is 1.80 bits per heavy atom. The molecule has 1 aliphatic rings. The largest absolute Gasteiger partial charge is 0.266 e. The van der Waals surface area contributed by atoms with E-state index in [1.165, 1.54) is 18.2 Å². The van der Waals surface area contributed by atoms with E-state index in [0.29, 0.717) is 4.86 Å². The summed E-state index contributed by atoms with van der Waals surface area (Å²) >= 11 is 4.69. The highest BCUT2D eigenvalue weighted by Gasteiger charge is 2.21. The monoisotopic (exact) mass is 154 g/mol. The van der Waals surface area contributed by atoms with Gasteiger partial charge in [0.05, 0.1) is 4.86 Å². The maximum atomic E-state index is 10.2. The van der Waals surface area contributed by atoms with E-state index in [-0.39, 0.29) is 0 Å². The molecule has 51 valence electrons. The van der Waals surface area contributed by atoms with Crippen LogP contribution in [0.4, 0.5) is 0 Å². The van der Waals surface area contributed by atoms with Crippen LogP contribution in [0.15, 0.2) is 18.2 Å². The lowest BCUT2D eigenvalue weighted by molar-refractivity contribution is -0.489. The van der Waals surface area contributed by atoms with Gasteiger partial charge in [0.25, 0.3) is 6.04 Å². The summed E-state index contributed by atoms with van der Waals surface area (Å²) in [7, 11) is 0. The number of thiocarbonyl (C=S) groups is 1. The molecular weight excluding hydrogens is 150 g/mol. The standard InChI is InChI=1S/C6H4NO2S/c8-7(9)5-3-1-2-4-6(5)10/h1,3-5H. The Kier molecular flexibility index (Phi) is 1.91. The lowest BCUT2D eigenvalue weighted by Gasteiger charge is -2.03. The molecular formula is C6H4NO2S. The number of hydrogen-bond donors (Lipinski definition) is 0. The Hall–Kier alpha value is -1.03. The maximum absolute atomic E-state index is 10.2. The summed E-state index contributed by atoms with van der Waals surface area (Å²) in [5.74, 6) is 0. The fourth-order valence-electron chi connectivity index (χ4n) is 0.631. The molecule has 1 radical (unpaired) electrons. The molecule has 0 aromatic carbocycles. The summed E-state index contributed by atoms with van der Waals surface area (Å²) in [5.41, 5.74) is 0. The molecule has 0 saturated carbocycles. The molecule has 0 heterocycles. The summed E-state index contributed by atoms with van der Waals surface area (Å²) in [6.45, 7) is 0. The normalized spacial score (nSPS) is 23.2. The van der Waals surface area contributed by atoms with Gasteiger partial charge in [0.2, 0.25) is 0 Å². The van der Waals surface area contributed by atoms with Crippen LogP contribution in [0.2, 0.25) is 0 Å². The van der Waals surface area contributed by atoms with E-state index < -0.39 is 11.0 Å². The maximum Gasteiger partial charge on any atom is 0.266 e. The van der Waals surface area contributed by atoms with E-state index >= 15 is 0 Å². The molecule has 0 fully saturated rings. The third-order valence-electron chi connectivity index (χ3n) is 1.12. The van der Waals surface area contributed by atoms with Crippen LogP contribution in [0.1, 0.15) is 0 Å². The lowest BCUT2D eigenvalue weighted by atomic mass is 10.1. The molecule has 1 rings (SSSR count). The number of nitrogens with zero attached hydrogens (tertiary/aromatic N) is 1. The molecule has 0 bridgehead atoms. The first kappa shape index (κ1) is 7.08. The summed E-state index contributed by atoms with van der Waals surface area (Å²) in [4.78, 5) is 10.1. The summed E-state index contributed by atoms with van der Waals surface area (Å²) in [5, 5.41) is 10.2. The van der Waals surface area contributed by atoms with E-state index in [1.807, 2.05) is 0 Å². The van der Waals surface area contributed by atoms with Crippen LogP contribution in [-0.4, -0.2) is 15.8 Å². The molecule has 0 spiro atoms. The predicted octanol–water partition coefficient (Wildman–Crippen LogP) is 0.931. The quantitative estimate of drug-likeness (QED) is 0.320. The van der Waals surface area contributed by atoms with Gasteiger partial charge in [0.15, 0.2) is 0 Å². The fourth-order valence-corrected chi connectivity index (χ4v) is 0.864. The Labute approximate surface area is 63.2 Å². The molecule has 0 aromatic rings. The highest BCUT2D eigenvalue weighted by Crippen LogP contribution is 2.03. The van der Waals surface area contributed by atoms with Gasteiger partial charge in [-0.15, -0.1) is 0 Å². The lowest BCUT2D eigenvalue weighted by Crippen LogP contribution is -2.25. The van der Waals surface area contributed by atoms with Gasteiger partial charge in [-0.05, 0) is 18.2 Å². The van der Waals surface area contributed by atoms with Crippen molar-refractivity contribution in [1.82, 2.24) is 0 Å². The molecule has 0 aromatic heterocycles. The van der Waals surface area contributed by atoms with Crippen LogP contribution in [0.25, 0.3) is 0 Å². The zero-order valence-corrected chi connectivity index (χ0v) is 5.80. The SMILES string of the molecule is O=[N+]([O-])C1C=C[C]=CC1=S. The second-order valence-corrected chi connectivity index (χ2v) is 2.27. The van der Waals surface area contributed by atoms with Gasteiger partial charge >= 0.3 is 0 Å². The van der Waals surface area contributed by atoms with Gasteiger partial charge in [-0.3, -0.25) is 10.1 Å². The Morgan fingerprint density at radius 2 is 2.50 bits per heavy atom. The van der Waals surface area contributed by atoms with Gasteiger partial charge in [-0.25, -0.2) is 0 Å². The molecule has 1 aliphatic carbocycles. The van der Waals surface area contributed by atoms with E-state index in [0.717, 1.165) is 0 Å². The van der Waals surface area contributed by atoms with Crippen LogP contribution in [-0.2, 0) is 0 Å². The third kappa shape index (κ3) is 1.27. The van der Waals surface area contributed by atoms with E-state index in [4.69, 9.17) is 12.2 Å². The van der Waals surface area contributed by atoms with Crippen molar-refractivity contribution in [2.45, 2.75) is 6.04 Å². The molecule has 0 amide bonds. The molecule has 0 saturated heterocycles. The first-order valence-corrected chi connectivity index (χ1v) is 3.06. The number of nitro groups is 1. The van der Waals surface area contributed by atoms with Crippen molar-refractivity contribution in [2.24, 2.45) is 0 Å². The molecule has 1 unspecified atom stereocenters. The molecule has 0 aliphatic heterocycles. The van der Waals surface area contributed by atoms with Crippen molar-refractivity contribution < 1.29 is 4.92 Å². The first-order valence-electron chi connectivity index (χ1n) is 2.65. The summed E-state index contributed by atoms with van der Waals surface area (Å²) in [6, 6.07) is -0.823. The smallest absolute Gasteiger partial charge is 0.264 e. The highest BCUT2D eigenvalue weighted by atomic mass is 32.1. The molecule has 10 heavy (non-hydrogen) atoms. The topological polar surface area (TPSA) is 43.1 Å². The predicted molar refractivity (Wildman–Crippen MR) is 40.3 cm³/mol. The molecule has 3 nitrogen and oxygen atoms in total. The zero-order valence-electron chi connectivity index (χ0n) is 4.98. The average Bonchev–Trinajstić information content (AvgIpc) is 1.88. The van der Waals surface area contributed by atoms with Gasteiger partial charge in [-0.1, -0.05) is 18.3 Å². The summed E-state index contributed by atoms with van der Waals surface area (Å²) in [6.07, 6.45) is 7.04. The van der Waals surface area contributed by atoms with Crippen LogP contribution >= 0.6 is 12.2 Å². The van der Waals surface area contributed by atoms with Gasteiger partial charge in [-0.2, -0.15) is 0 Å². The van der Waals surface area contributed by atoms with Crippen molar-refractivity contribution in [3.63, 3.8) is 0 Å². The Morgan fingerprint density at radius 3 is 2.90 bits per heavy atom. The molecule has 0 N–H and O–H groups in total. The van der Waals surface area contributed by atoms with E-state index in [2.05, 4.69) is 6.08 Å². The summed E-state index contributed by atoms with van der Waals surface area (Å²) < 4.78 is 0. The first-order chi connectivity index (χ1) is 4.72. The Bertz CT molecular complexity index is 232. The van der Waals surface area contributed by atoms with Crippen molar-refractivity contribution in [1.29, 1.82) is 0 Å². The fraction of sp³-hybridized carbons (Fsp3) is 0.167. The minimum atomic E-state index is -0.823. The van der Waals surface area contributed by atoms with Crippen LogP contribution in [0, 0.1) is 16.2 Å². The van der Waals surface area contributed by atoms with Crippen LogP contribution in [0.3, 0.4) is 0 Å². The zero-order chi connectivity index (χ0) is 7.56. The van der Waals surface area contributed by atoms with E-state index in [1.54, 1.807) is 0 Å².